The maximum absolute atomic E-state index is 9.35. The first-order valence-corrected chi connectivity index (χ1v) is 7.46. The van der Waals surface area contributed by atoms with Gasteiger partial charge in [-0.3, -0.25) is 0 Å². The molecule has 2 nitrogen and oxygen atoms in total. The zero-order valence-corrected chi connectivity index (χ0v) is 12.1. The van der Waals surface area contributed by atoms with E-state index in [0.717, 1.165) is 29.2 Å². The maximum atomic E-state index is 9.35. The Kier molecular flexibility index (Phi) is 3.83. The average Bonchev–Trinajstić information content (AvgIpc) is 2.49. The van der Waals surface area contributed by atoms with Gasteiger partial charge in [0.1, 0.15) is 5.75 Å². The van der Waals surface area contributed by atoms with Crippen LogP contribution in [0.3, 0.4) is 0 Å². The van der Waals surface area contributed by atoms with Crippen molar-refractivity contribution in [1.82, 2.24) is 0 Å². The summed E-state index contributed by atoms with van der Waals surface area (Å²) in [5.74, 6) is 0.273. The van der Waals surface area contributed by atoms with Gasteiger partial charge in [-0.15, -0.1) is 0 Å². The van der Waals surface area contributed by atoms with Gasteiger partial charge in [-0.25, -0.2) is 0 Å². The minimum absolute atomic E-state index is 0.273. The molecular weight excluding hydrogens is 270 g/mol. The van der Waals surface area contributed by atoms with Crippen LogP contribution in [0.5, 0.6) is 5.75 Å². The van der Waals surface area contributed by atoms with Crippen molar-refractivity contribution >= 4 is 17.3 Å². The zero-order valence-electron chi connectivity index (χ0n) is 11.3. The number of hydrogen-bond donors (Lipinski definition) is 1. The van der Waals surface area contributed by atoms with Gasteiger partial charge in [-0.2, -0.15) is 0 Å². The Bertz CT molecular complexity index is 588. The predicted octanol–water partition coefficient (Wildman–Crippen LogP) is 4.70. The molecule has 1 aliphatic rings. The summed E-state index contributed by atoms with van der Waals surface area (Å²) in [4.78, 5) is 2.40. The molecule has 0 saturated carbocycles. The topological polar surface area (TPSA) is 23.5 Å². The van der Waals surface area contributed by atoms with E-state index in [1.807, 2.05) is 12.1 Å². The van der Waals surface area contributed by atoms with Crippen molar-refractivity contribution in [3.8, 4) is 16.9 Å². The van der Waals surface area contributed by atoms with Gasteiger partial charge < -0.3 is 10.0 Å². The third kappa shape index (κ3) is 2.75. The van der Waals surface area contributed by atoms with Crippen molar-refractivity contribution in [3.63, 3.8) is 0 Å². The lowest BCUT2D eigenvalue weighted by atomic mass is 10.0. The molecule has 0 spiro atoms. The lowest BCUT2D eigenvalue weighted by molar-refractivity contribution is 0.475. The molecule has 2 aromatic rings. The molecule has 2 aromatic carbocycles. The average molecular weight is 288 g/mol. The summed E-state index contributed by atoms with van der Waals surface area (Å²) in [6.45, 7) is 2.24. The van der Waals surface area contributed by atoms with Crippen molar-refractivity contribution in [2.45, 2.75) is 19.3 Å². The molecule has 0 unspecified atom stereocenters. The molecule has 0 atom stereocenters. The summed E-state index contributed by atoms with van der Waals surface area (Å²) in [5.41, 5.74) is 3.24. The van der Waals surface area contributed by atoms with Crippen LogP contribution >= 0.6 is 11.6 Å². The van der Waals surface area contributed by atoms with Crippen molar-refractivity contribution in [1.29, 1.82) is 0 Å². The number of halogens is 1. The SMILES string of the molecule is Oc1ccc(-c2ccc(N3CCCCC3)cc2Cl)cc1. The second kappa shape index (κ2) is 5.76. The molecule has 0 bridgehead atoms. The van der Waals surface area contributed by atoms with Crippen LogP contribution < -0.4 is 4.90 Å². The van der Waals surface area contributed by atoms with E-state index in [4.69, 9.17) is 11.6 Å². The molecule has 0 radical (unpaired) electrons. The highest BCUT2D eigenvalue weighted by molar-refractivity contribution is 6.33. The first kappa shape index (κ1) is 13.3. The first-order chi connectivity index (χ1) is 9.74. The molecule has 0 aliphatic carbocycles. The fourth-order valence-corrected chi connectivity index (χ4v) is 3.01. The molecule has 3 rings (SSSR count). The van der Waals surface area contributed by atoms with E-state index < -0.39 is 0 Å². The highest BCUT2D eigenvalue weighted by Crippen LogP contribution is 2.33. The van der Waals surface area contributed by atoms with Crippen LogP contribution in [0.2, 0.25) is 5.02 Å². The van der Waals surface area contributed by atoms with Gasteiger partial charge in [-0.1, -0.05) is 29.8 Å². The number of phenols is 1. The van der Waals surface area contributed by atoms with Gasteiger partial charge in [0.15, 0.2) is 0 Å². The molecule has 1 N–H and O–H groups in total. The summed E-state index contributed by atoms with van der Waals surface area (Å²) in [7, 11) is 0. The summed E-state index contributed by atoms with van der Waals surface area (Å²) in [6.07, 6.45) is 3.85. The van der Waals surface area contributed by atoms with E-state index >= 15 is 0 Å². The second-order valence-corrected chi connectivity index (χ2v) is 5.67. The highest BCUT2D eigenvalue weighted by atomic mass is 35.5. The fraction of sp³-hybridized carbons (Fsp3) is 0.294. The van der Waals surface area contributed by atoms with Crippen molar-refractivity contribution in [2.75, 3.05) is 18.0 Å². The van der Waals surface area contributed by atoms with Gasteiger partial charge in [0.2, 0.25) is 0 Å². The van der Waals surface area contributed by atoms with E-state index in [-0.39, 0.29) is 5.75 Å². The van der Waals surface area contributed by atoms with Crippen LogP contribution in [0.4, 0.5) is 5.69 Å². The third-order valence-electron chi connectivity index (χ3n) is 3.85. The number of rotatable bonds is 2. The summed E-state index contributed by atoms with van der Waals surface area (Å²) in [6, 6.07) is 13.4. The molecule has 1 aliphatic heterocycles. The van der Waals surface area contributed by atoms with E-state index in [1.54, 1.807) is 12.1 Å². The molecule has 20 heavy (non-hydrogen) atoms. The van der Waals surface area contributed by atoms with Crippen LogP contribution in [-0.2, 0) is 0 Å². The predicted molar refractivity (Wildman–Crippen MR) is 84.6 cm³/mol. The van der Waals surface area contributed by atoms with E-state index in [1.165, 1.54) is 24.9 Å². The lowest BCUT2D eigenvalue weighted by Gasteiger charge is -2.29. The lowest BCUT2D eigenvalue weighted by Crippen LogP contribution is -2.29. The zero-order chi connectivity index (χ0) is 13.9. The molecule has 0 amide bonds. The van der Waals surface area contributed by atoms with Crippen molar-refractivity contribution in [2.24, 2.45) is 0 Å². The Morgan fingerprint density at radius 1 is 0.900 bits per heavy atom. The summed E-state index contributed by atoms with van der Waals surface area (Å²) < 4.78 is 0. The first-order valence-electron chi connectivity index (χ1n) is 7.08. The minimum atomic E-state index is 0.273. The van der Waals surface area contributed by atoms with Crippen LogP contribution in [0, 0.1) is 0 Å². The molecule has 3 heteroatoms. The maximum Gasteiger partial charge on any atom is 0.115 e. The van der Waals surface area contributed by atoms with E-state index in [0.29, 0.717) is 0 Å². The monoisotopic (exact) mass is 287 g/mol. The Morgan fingerprint density at radius 2 is 1.60 bits per heavy atom. The molecule has 1 fully saturated rings. The number of anilines is 1. The third-order valence-corrected chi connectivity index (χ3v) is 4.16. The smallest absolute Gasteiger partial charge is 0.115 e. The number of piperidine rings is 1. The van der Waals surface area contributed by atoms with Gasteiger partial charge in [0, 0.05) is 24.3 Å². The highest BCUT2D eigenvalue weighted by Gasteiger charge is 2.12. The molecule has 104 valence electrons. The van der Waals surface area contributed by atoms with Crippen LogP contribution in [0.25, 0.3) is 11.1 Å². The van der Waals surface area contributed by atoms with Gasteiger partial charge in [0.05, 0.1) is 5.02 Å². The molecular formula is C17H18ClNO. The second-order valence-electron chi connectivity index (χ2n) is 5.26. The number of nitrogens with zero attached hydrogens (tertiary/aromatic N) is 1. The van der Waals surface area contributed by atoms with Gasteiger partial charge >= 0.3 is 0 Å². The van der Waals surface area contributed by atoms with Gasteiger partial charge in [-0.05, 0) is 49.1 Å². The van der Waals surface area contributed by atoms with Crippen molar-refractivity contribution < 1.29 is 5.11 Å². The number of phenolic OH excluding ortho intramolecular Hbond substituents is 1. The molecule has 1 heterocycles. The van der Waals surface area contributed by atoms with Gasteiger partial charge in [0.25, 0.3) is 0 Å². The number of hydrogen-bond acceptors (Lipinski definition) is 2. The van der Waals surface area contributed by atoms with Crippen LogP contribution in [0.15, 0.2) is 42.5 Å². The Balaban J connectivity index is 1.88. The van der Waals surface area contributed by atoms with Crippen molar-refractivity contribution in [3.05, 3.63) is 47.5 Å². The molecule has 1 saturated heterocycles. The standard InChI is InChI=1S/C17H18ClNO/c18-17-12-14(19-10-2-1-3-11-19)6-9-16(17)13-4-7-15(20)8-5-13/h4-9,12,20H,1-3,10-11H2. The Hall–Kier alpha value is -1.67. The quantitative estimate of drug-likeness (QED) is 0.865. The van der Waals surface area contributed by atoms with Crippen LogP contribution in [-0.4, -0.2) is 18.2 Å². The summed E-state index contributed by atoms with van der Waals surface area (Å²) >= 11 is 6.43. The Labute approximate surface area is 124 Å². The Morgan fingerprint density at radius 3 is 2.25 bits per heavy atom. The minimum Gasteiger partial charge on any atom is -0.508 e. The fourth-order valence-electron chi connectivity index (χ4n) is 2.73. The normalized spacial score (nSPS) is 15.3. The number of aromatic hydroxyl groups is 1. The largest absolute Gasteiger partial charge is 0.508 e. The number of benzene rings is 2. The summed E-state index contributed by atoms with van der Waals surface area (Å²) in [5, 5.41) is 10.1. The van der Waals surface area contributed by atoms with E-state index in [9.17, 15) is 5.11 Å². The van der Waals surface area contributed by atoms with Crippen LogP contribution in [0.1, 0.15) is 19.3 Å². The molecule has 0 aromatic heterocycles. The van der Waals surface area contributed by atoms with E-state index in [2.05, 4.69) is 23.1 Å².